The number of aromatic nitrogens is 1. The molecule has 0 fully saturated rings. The normalized spacial score (nSPS) is 12.4. The quantitative estimate of drug-likeness (QED) is 0.663. The summed E-state index contributed by atoms with van der Waals surface area (Å²) in [6.45, 7) is 2.96. The van der Waals surface area contributed by atoms with Crippen LogP contribution < -0.4 is 20.1 Å². The third-order valence-corrected chi connectivity index (χ3v) is 4.67. The molecule has 1 aliphatic heterocycles. The van der Waals surface area contributed by atoms with Crippen LogP contribution in [0, 0.1) is 6.92 Å². The van der Waals surface area contributed by atoms with E-state index in [-0.39, 0.29) is 5.91 Å². The monoisotopic (exact) mass is 395 g/mol. The lowest BCUT2D eigenvalue weighted by Gasteiger charge is -2.19. The summed E-state index contributed by atoms with van der Waals surface area (Å²) in [4.78, 5) is 16.8. The van der Waals surface area contributed by atoms with Gasteiger partial charge < -0.3 is 20.1 Å². The summed E-state index contributed by atoms with van der Waals surface area (Å²) in [6.07, 6.45) is 3.16. The molecule has 2 aromatic carbocycles. The van der Waals surface area contributed by atoms with Crippen LogP contribution in [0.25, 0.3) is 0 Å². The van der Waals surface area contributed by atoms with Gasteiger partial charge in [-0.05, 0) is 42.8 Å². The summed E-state index contributed by atoms with van der Waals surface area (Å²) in [5.74, 6) is 1.03. The van der Waals surface area contributed by atoms with Crippen molar-refractivity contribution in [2.75, 3.05) is 23.8 Å². The highest BCUT2D eigenvalue weighted by molar-refractivity contribution is 6.31. The maximum atomic E-state index is 12.6. The summed E-state index contributed by atoms with van der Waals surface area (Å²) in [6, 6.07) is 12.7. The molecule has 0 saturated carbocycles. The molecule has 0 saturated heterocycles. The first kappa shape index (κ1) is 18.1. The lowest BCUT2D eigenvalue weighted by molar-refractivity contribution is 0.102. The van der Waals surface area contributed by atoms with Gasteiger partial charge in [-0.3, -0.25) is 9.78 Å². The van der Waals surface area contributed by atoms with Crippen molar-refractivity contribution in [2.45, 2.75) is 6.92 Å². The second-order valence-corrected chi connectivity index (χ2v) is 6.77. The number of hydrogen-bond acceptors (Lipinski definition) is 5. The van der Waals surface area contributed by atoms with E-state index in [9.17, 15) is 4.79 Å². The van der Waals surface area contributed by atoms with Crippen LogP contribution in [0.1, 0.15) is 15.9 Å². The Kier molecular flexibility index (Phi) is 5.04. The topological polar surface area (TPSA) is 72.5 Å². The smallest absolute Gasteiger partial charge is 0.257 e. The number of carbonyl (C=O) groups is 1. The number of amides is 1. The van der Waals surface area contributed by atoms with Crippen LogP contribution in [0.3, 0.4) is 0 Å². The highest BCUT2D eigenvalue weighted by Crippen LogP contribution is 2.32. The Morgan fingerprint density at radius 1 is 0.964 bits per heavy atom. The first-order valence-corrected chi connectivity index (χ1v) is 9.15. The van der Waals surface area contributed by atoms with Crippen LogP contribution in [0.15, 0.2) is 54.9 Å². The molecule has 0 spiro atoms. The molecular weight excluding hydrogens is 378 g/mol. The number of anilines is 3. The van der Waals surface area contributed by atoms with E-state index in [1.54, 1.807) is 30.5 Å². The zero-order valence-corrected chi connectivity index (χ0v) is 15.9. The Morgan fingerprint density at radius 2 is 1.75 bits per heavy atom. The van der Waals surface area contributed by atoms with Crippen molar-refractivity contribution < 1.29 is 14.3 Å². The summed E-state index contributed by atoms with van der Waals surface area (Å²) in [7, 11) is 0. The van der Waals surface area contributed by atoms with Crippen LogP contribution in [-0.4, -0.2) is 24.1 Å². The second kappa shape index (κ2) is 7.78. The van der Waals surface area contributed by atoms with Gasteiger partial charge in [0.25, 0.3) is 5.91 Å². The third kappa shape index (κ3) is 4.02. The van der Waals surface area contributed by atoms with E-state index in [1.807, 2.05) is 25.1 Å². The predicted molar refractivity (Wildman–Crippen MR) is 109 cm³/mol. The van der Waals surface area contributed by atoms with Crippen molar-refractivity contribution >= 4 is 34.6 Å². The molecule has 0 radical (unpaired) electrons. The van der Waals surface area contributed by atoms with Gasteiger partial charge >= 0.3 is 0 Å². The molecule has 4 rings (SSSR count). The number of halogens is 1. The van der Waals surface area contributed by atoms with Crippen molar-refractivity contribution in [3.63, 3.8) is 0 Å². The Hall–Kier alpha value is -3.25. The first-order chi connectivity index (χ1) is 13.6. The largest absolute Gasteiger partial charge is 0.486 e. The van der Waals surface area contributed by atoms with Gasteiger partial charge in [-0.15, -0.1) is 0 Å². The third-order valence-electron chi connectivity index (χ3n) is 4.26. The van der Waals surface area contributed by atoms with Crippen LogP contribution in [0.5, 0.6) is 11.5 Å². The molecule has 3 aromatic rings. The Balaban J connectivity index is 1.49. The molecule has 1 aromatic heterocycles. The van der Waals surface area contributed by atoms with Crippen LogP contribution in [0.2, 0.25) is 5.02 Å². The number of rotatable bonds is 4. The number of nitrogens with zero attached hydrogens (tertiary/aromatic N) is 1. The number of benzene rings is 2. The van der Waals surface area contributed by atoms with Gasteiger partial charge in [-0.25, -0.2) is 0 Å². The summed E-state index contributed by atoms with van der Waals surface area (Å²) < 4.78 is 11.0. The van der Waals surface area contributed by atoms with Crippen LogP contribution in [0.4, 0.5) is 17.1 Å². The molecule has 2 N–H and O–H groups in total. The molecule has 1 aliphatic rings. The molecule has 7 heteroatoms. The van der Waals surface area contributed by atoms with E-state index in [0.29, 0.717) is 46.7 Å². The molecule has 0 unspecified atom stereocenters. The molecule has 0 aliphatic carbocycles. The van der Waals surface area contributed by atoms with Gasteiger partial charge in [0, 0.05) is 28.7 Å². The number of hydrogen-bond donors (Lipinski definition) is 2. The summed E-state index contributed by atoms with van der Waals surface area (Å²) in [5.41, 5.74) is 3.56. The zero-order valence-electron chi connectivity index (χ0n) is 15.2. The van der Waals surface area contributed by atoms with Crippen LogP contribution in [-0.2, 0) is 0 Å². The van der Waals surface area contributed by atoms with E-state index >= 15 is 0 Å². The average molecular weight is 396 g/mol. The van der Waals surface area contributed by atoms with E-state index < -0.39 is 0 Å². The fourth-order valence-corrected chi connectivity index (χ4v) is 2.97. The van der Waals surface area contributed by atoms with Gasteiger partial charge in [-0.2, -0.15) is 0 Å². The minimum Gasteiger partial charge on any atom is -0.486 e. The van der Waals surface area contributed by atoms with E-state index in [2.05, 4.69) is 15.6 Å². The first-order valence-electron chi connectivity index (χ1n) is 8.78. The highest BCUT2D eigenvalue weighted by atomic mass is 35.5. The van der Waals surface area contributed by atoms with E-state index in [1.165, 1.54) is 6.20 Å². The molecule has 0 bridgehead atoms. The van der Waals surface area contributed by atoms with Crippen LogP contribution >= 0.6 is 11.6 Å². The number of aryl methyl sites for hydroxylation is 1. The predicted octanol–water partition coefficient (Wildman–Crippen LogP) is 4.81. The second-order valence-electron chi connectivity index (χ2n) is 6.36. The molecule has 2 heterocycles. The van der Waals surface area contributed by atoms with Gasteiger partial charge in [0.1, 0.15) is 13.2 Å². The Bertz CT molecular complexity index is 1040. The SMILES string of the molecule is Cc1ccc(Nc2cncc(C(=O)Nc3ccc4c(c3)OCCO4)c2)cc1Cl. The standard InChI is InChI=1S/C21H18ClN3O3/c1-13-2-3-15(9-18(13)22)24-17-8-14(11-23-12-17)21(26)25-16-4-5-19-20(10-16)28-7-6-27-19/h2-5,8-12,24H,6-7H2,1H3,(H,25,26). The minimum absolute atomic E-state index is 0.269. The van der Waals surface area contributed by atoms with E-state index in [4.69, 9.17) is 21.1 Å². The Morgan fingerprint density at radius 3 is 2.57 bits per heavy atom. The van der Waals surface area contributed by atoms with Crippen molar-refractivity contribution in [1.29, 1.82) is 0 Å². The molecule has 28 heavy (non-hydrogen) atoms. The number of carbonyl (C=O) groups excluding carboxylic acids is 1. The fourth-order valence-electron chi connectivity index (χ4n) is 2.79. The zero-order chi connectivity index (χ0) is 19.5. The van der Waals surface area contributed by atoms with Gasteiger partial charge in [-0.1, -0.05) is 17.7 Å². The number of nitrogens with one attached hydrogen (secondary N) is 2. The van der Waals surface area contributed by atoms with Gasteiger partial charge in [0.15, 0.2) is 11.5 Å². The lowest BCUT2D eigenvalue weighted by Crippen LogP contribution is -2.16. The van der Waals surface area contributed by atoms with Crippen molar-refractivity contribution in [1.82, 2.24) is 4.98 Å². The average Bonchev–Trinajstić information content (AvgIpc) is 2.71. The van der Waals surface area contributed by atoms with Gasteiger partial charge in [0.05, 0.1) is 17.4 Å². The molecule has 142 valence electrons. The number of ether oxygens (including phenoxy) is 2. The Labute approximate surface area is 167 Å². The maximum absolute atomic E-state index is 12.6. The minimum atomic E-state index is -0.269. The highest BCUT2D eigenvalue weighted by Gasteiger charge is 2.14. The summed E-state index contributed by atoms with van der Waals surface area (Å²) >= 11 is 6.16. The molecule has 0 atom stereocenters. The number of fused-ring (bicyclic) bond motifs is 1. The van der Waals surface area contributed by atoms with Crippen molar-refractivity contribution in [2.24, 2.45) is 0 Å². The summed E-state index contributed by atoms with van der Waals surface area (Å²) in [5, 5.41) is 6.73. The lowest BCUT2D eigenvalue weighted by atomic mass is 10.2. The van der Waals surface area contributed by atoms with Gasteiger partial charge in [0.2, 0.25) is 0 Å². The van der Waals surface area contributed by atoms with E-state index in [0.717, 1.165) is 11.3 Å². The van der Waals surface area contributed by atoms with Crippen molar-refractivity contribution in [3.8, 4) is 11.5 Å². The molecule has 1 amide bonds. The maximum Gasteiger partial charge on any atom is 0.257 e. The molecule has 6 nitrogen and oxygen atoms in total. The van der Waals surface area contributed by atoms with Crippen molar-refractivity contribution in [3.05, 3.63) is 71.0 Å². The fraction of sp³-hybridized carbons (Fsp3) is 0.143. The molecular formula is C21H18ClN3O3. The number of pyridine rings is 1.